The molecule has 0 amide bonds. The van der Waals surface area contributed by atoms with Gasteiger partial charge < -0.3 is 4.84 Å². The second-order valence-electron chi connectivity index (χ2n) is 4.04. The standard InChI is InChI=1S/C9H13NO/c1-2-6-4-9-8(5-11-10-9)7(6)3-1/h6-8H,1-5H2/t6-,7-,8?/m0/s1. The predicted octanol–water partition coefficient (Wildman–Crippen LogP) is 1.81. The van der Waals surface area contributed by atoms with E-state index >= 15 is 0 Å². The molecule has 0 aromatic heterocycles. The molecule has 3 atom stereocenters. The van der Waals surface area contributed by atoms with E-state index in [9.17, 15) is 0 Å². The Morgan fingerprint density at radius 3 is 3.36 bits per heavy atom. The fourth-order valence-electron chi connectivity index (χ4n) is 3.04. The minimum absolute atomic E-state index is 0.725. The lowest BCUT2D eigenvalue weighted by molar-refractivity contribution is 0.133. The Balaban J connectivity index is 1.92. The zero-order chi connectivity index (χ0) is 7.26. The maximum absolute atomic E-state index is 5.11. The van der Waals surface area contributed by atoms with Crippen LogP contribution in [0.4, 0.5) is 0 Å². The molecule has 11 heavy (non-hydrogen) atoms. The molecule has 2 saturated carbocycles. The van der Waals surface area contributed by atoms with Crippen molar-refractivity contribution in [2.75, 3.05) is 6.61 Å². The van der Waals surface area contributed by atoms with Crippen molar-refractivity contribution in [3.8, 4) is 0 Å². The molecule has 3 rings (SSSR count). The van der Waals surface area contributed by atoms with Crippen LogP contribution >= 0.6 is 0 Å². The molecule has 0 aromatic carbocycles. The van der Waals surface area contributed by atoms with Crippen LogP contribution in [-0.2, 0) is 4.84 Å². The monoisotopic (exact) mass is 151 g/mol. The van der Waals surface area contributed by atoms with Crippen LogP contribution in [0.2, 0.25) is 0 Å². The van der Waals surface area contributed by atoms with E-state index in [1.807, 2.05) is 0 Å². The minimum atomic E-state index is 0.725. The number of nitrogens with zero attached hydrogens (tertiary/aromatic N) is 1. The molecule has 1 heterocycles. The fourth-order valence-corrected chi connectivity index (χ4v) is 3.04. The molecule has 2 aliphatic carbocycles. The van der Waals surface area contributed by atoms with E-state index in [0.717, 1.165) is 24.4 Å². The normalized spacial score (nSPS) is 46.5. The number of hydrogen-bond acceptors (Lipinski definition) is 2. The first-order valence-corrected chi connectivity index (χ1v) is 4.64. The second-order valence-corrected chi connectivity index (χ2v) is 4.04. The van der Waals surface area contributed by atoms with E-state index in [2.05, 4.69) is 5.16 Å². The van der Waals surface area contributed by atoms with Gasteiger partial charge in [0.05, 0.1) is 5.71 Å². The van der Waals surface area contributed by atoms with Crippen LogP contribution in [0.25, 0.3) is 0 Å². The van der Waals surface area contributed by atoms with Gasteiger partial charge in [-0.1, -0.05) is 11.6 Å². The van der Waals surface area contributed by atoms with Gasteiger partial charge in [0.25, 0.3) is 0 Å². The van der Waals surface area contributed by atoms with Gasteiger partial charge in [0.2, 0.25) is 0 Å². The molecule has 0 saturated heterocycles. The Kier molecular flexibility index (Phi) is 1.09. The van der Waals surface area contributed by atoms with Crippen LogP contribution in [0.5, 0.6) is 0 Å². The molecule has 2 fully saturated rings. The molecule has 3 aliphatic rings. The highest BCUT2D eigenvalue weighted by molar-refractivity contribution is 5.90. The van der Waals surface area contributed by atoms with Crippen molar-refractivity contribution in [1.29, 1.82) is 0 Å². The molecule has 0 bridgehead atoms. The van der Waals surface area contributed by atoms with Gasteiger partial charge in [0.1, 0.15) is 6.61 Å². The predicted molar refractivity (Wildman–Crippen MR) is 42.3 cm³/mol. The third-order valence-corrected chi connectivity index (χ3v) is 3.57. The molecular formula is C9H13NO. The van der Waals surface area contributed by atoms with Gasteiger partial charge >= 0.3 is 0 Å². The summed E-state index contributed by atoms with van der Waals surface area (Å²) in [5, 5.41) is 4.10. The second kappa shape index (κ2) is 1.99. The van der Waals surface area contributed by atoms with E-state index in [4.69, 9.17) is 4.84 Å². The van der Waals surface area contributed by atoms with Gasteiger partial charge in [-0.05, 0) is 31.1 Å². The quantitative estimate of drug-likeness (QED) is 0.517. The van der Waals surface area contributed by atoms with Gasteiger partial charge in [-0.25, -0.2) is 0 Å². The molecule has 1 unspecified atom stereocenters. The number of rotatable bonds is 0. The Bertz CT molecular complexity index is 212. The van der Waals surface area contributed by atoms with E-state index in [0.29, 0.717) is 0 Å². The summed E-state index contributed by atoms with van der Waals surface area (Å²) in [6.45, 7) is 0.885. The van der Waals surface area contributed by atoms with Crippen LogP contribution in [0.15, 0.2) is 5.16 Å². The van der Waals surface area contributed by atoms with Crippen molar-refractivity contribution >= 4 is 5.71 Å². The topological polar surface area (TPSA) is 21.6 Å². The zero-order valence-corrected chi connectivity index (χ0v) is 6.62. The maximum atomic E-state index is 5.11. The van der Waals surface area contributed by atoms with E-state index in [-0.39, 0.29) is 0 Å². The highest BCUT2D eigenvalue weighted by Crippen LogP contribution is 2.47. The Hall–Kier alpha value is -0.530. The molecule has 2 heteroatoms. The van der Waals surface area contributed by atoms with Crippen molar-refractivity contribution in [3.63, 3.8) is 0 Å². The number of hydrogen-bond donors (Lipinski definition) is 0. The molecule has 1 aliphatic heterocycles. The molecule has 0 radical (unpaired) electrons. The average molecular weight is 151 g/mol. The molecule has 0 N–H and O–H groups in total. The summed E-state index contributed by atoms with van der Waals surface area (Å²) in [5.41, 5.74) is 1.37. The maximum Gasteiger partial charge on any atom is 0.125 e. The fraction of sp³-hybridized carbons (Fsp3) is 0.889. The lowest BCUT2D eigenvalue weighted by atomic mass is 9.93. The highest BCUT2D eigenvalue weighted by atomic mass is 16.6. The Morgan fingerprint density at radius 1 is 1.36 bits per heavy atom. The SMILES string of the molecule is C1C[C@H]2CC3=NOCC3[C@H]2C1. The minimum Gasteiger partial charge on any atom is -0.395 e. The van der Waals surface area contributed by atoms with Crippen molar-refractivity contribution in [2.45, 2.75) is 25.7 Å². The lowest BCUT2D eigenvalue weighted by Crippen LogP contribution is -2.14. The van der Waals surface area contributed by atoms with E-state index in [1.54, 1.807) is 0 Å². The van der Waals surface area contributed by atoms with Gasteiger partial charge in [-0.2, -0.15) is 0 Å². The summed E-state index contributed by atoms with van der Waals surface area (Å²) in [6, 6.07) is 0. The van der Waals surface area contributed by atoms with Crippen molar-refractivity contribution in [1.82, 2.24) is 0 Å². The highest BCUT2D eigenvalue weighted by Gasteiger charge is 2.45. The average Bonchev–Trinajstić information content (AvgIpc) is 2.52. The molecule has 0 aromatic rings. The molecule has 60 valence electrons. The van der Waals surface area contributed by atoms with Crippen LogP contribution in [-0.4, -0.2) is 12.3 Å². The van der Waals surface area contributed by atoms with Gasteiger partial charge in [-0.15, -0.1) is 0 Å². The largest absolute Gasteiger partial charge is 0.395 e. The first-order valence-electron chi connectivity index (χ1n) is 4.64. The molecule has 0 spiro atoms. The Morgan fingerprint density at radius 2 is 2.36 bits per heavy atom. The summed E-state index contributed by atoms with van der Waals surface area (Å²) < 4.78 is 0. The zero-order valence-electron chi connectivity index (χ0n) is 6.62. The van der Waals surface area contributed by atoms with Crippen LogP contribution in [0.3, 0.4) is 0 Å². The summed E-state index contributed by atoms with van der Waals surface area (Å²) >= 11 is 0. The first kappa shape index (κ1) is 6.04. The summed E-state index contributed by atoms with van der Waals surface area (Å²) in [4.78, 5) is 5.11. The van der Waals surface area contributed by atoms with Crippen molar-refractivity contribution in [3.05, 3.63) is 0 Å². The summed E-state index contributed by atoms with van der Waals surface area (Å²) in [5.74, 6) is 2.64. The summed E-state index contributed by atoms with van der Waals surface area (Å²) in [7, 11) is 0. The third-order valence-electron chi connectivity index (χ3n) is 3.57. The number of oxime groups is 1. The summed E-state index contributed by atoms with van der Waals surface area (Å²) in [6.07, 6.45) is 5.56. The van der Waals surface area contributed by atoms with Gasteiger partial charge in [-0.3, -0.25) is 0 Å². The van der Waals surface area contributed by atoms with Crippen LogP contribution in [0, 0.1) is 17.8 Å². The smallest absolute Gasteiger partial charge is 0.125 e. The third kappa shape index (κ3) is 0.700. The molecular weight excluding hydrogens is 138 g/mol. The van der Waals surface area contributed by atoms with E-state index in [1.165, 1.54) is 31.4 Å². The van der Waals surface area contributed by atoms with Gasteiger partial charge in [0, 0.05) is 5.92 Å². The molecule has 2 nitrogen and oxygen atoms in total. The number of fused-ring (bicyclic) bond motifs is 3. The van der Waals surface area contributed by atoms with E-state index < -0.39 is 0 Å². The van der Waals surface area contributed by atoms with Crippen LogP contribution in [0.1, 0.15) is 25.7 Å². The Labute approximate surface area is 66.6 Å². The van der Waals surface area contributed by atoms with Crippen LogP contribution < -0.4 is 0 Å². The van der Waals surface area contributed by atoms with Crippen molar-refractivity contribution in [2.24, 2.45) is 22.9 Å². The van der Waals surface area contributed by atoms with Crippen molar-refractivity contribution < 1.29 is 4.84 Å². The first-order chi connectivity index (χ1) is 5.45. The van der Waals surface area contributed by atoms with Gasteiger partial charge in [0.15, 0.2) is 0 Å². The lowest BCUT2D eigenvalue weighted by Gasteiger charge is -2.12.